The highest BCUT2D eigenvalue weighted by atomic mass is 32.2. The van der Waals surface area contributed by atoms with Crippen molar-refractivity contribution in [2.24, 2.45) is 0 Å². The molecule has 0 bridgehead atoms. The number of sulfonamides is 1. The fourth-order valence-electron chi connectivity index (χ4n) is 1.25. The molecule has 0 aliphatic heterocycles. The van der Waals surface area contributed by atoms with E-state index in [1.165, 1.54) is 24.3 Å². The molecule has 7 heteroatoms. The van der Waals surface area contributed by atoms with Crippen LogP contribution in [0.15, 0.2) is 39.8 Å². The highest BCUT2D eigenvalue weighted by Gasteiger charge is 2.16. The number of hydrogen-bond donors (Lipinski definition) is 1. The lowest BCUT2D eigenvalue weighted by atomic mass is 10.4. The second-order valence-corrected chi connectivity index (χ2v) is 5.07. The van der Waals surface area contributed by atoms with E-state index in [2.05, 4.69) is 9.88 Å². The van der Waals surface area contributed by atoms with Gasteiger partial charge in [0.25, 0.3) is 10.0 Å². The van der Waals surface area contributed by atoms with E-state index in [-0.39, 0.29) is 10.7 Å². The molecule has 1 N–H and O–H groups in total. The van der Waals surface area contributed by atoms with Gasteiger partial charge in [-0.2, -0.15) is 0 Å². The summed E-state index contributed by atoms with van der Waals surface area (Å²) in [5.74, 6) is -0.0853. The molecule has 0 radical (unpaired) electrons. The molecule has 1 aromatic heterocycles. The predicted molar refractivity (Wildman–Crippen MR) is 58.4 cm³/mol. The second kappa shape index (κ2) is 4.17. The maximum Gasteiger partial charge on any atom is 0.263 e. The molecule has 0 saturated carbocycles. The minimum Gasteiger partial charge on any atom is -0.360 e. The van der Waals surface area contributed by atoms with Crippen LogP contribution in [0.3, 0.4) is 0 Å². The van der Waals surface area contributed by atoms with Crippen molar-refractivity contribution in [3.63, 3.8) is 0 Å². The van der Waals surface area contributed by atoms with E-state index in [0.717, 1.165) is 6.07 Å². The Morgan fingerprint density at radius 3 is 2.71 bits per heavy atom. The molecule has 1 heterocycles. The van der Waals surface area contributed by atoms with Crippen LogP contribution in [0.5, 0.6) is 0 Å². The topological polar surface area (TPSA) is 72.2 Å². The highest BCUT2D eigenvalue weighted by molar-refractivity contribution is 7.92. The van der Waals surface area contributed by atoms with Gasteiger partial charge in [0, 0.05) is 6.07 Å². The van der Waals surface area contributed by atoms with Crippen LogP contribution in [-0.4, -0.2) is 13.6 Å². The standard InChI is InChI=1S/C10H9FN2O3S/c1-7-5-10(12-16-7)13-17(14,15)9-4-2-3-8(11)6-9/h2-6H,1H3,(H,12,13). The molecular weight excluding hydrogens is 247 g/mol. The van der Waals surface area contributed by atoms with Crippen LogP contribution in [0.4, 0.5) is 10.2 Å². The molecule has 0 saturated heterocycles. The van der Waals surface area contributed by atoms with Gasteiger partial charge >= 0.3 is 0 Å². The zero-order valence-corrected chi connectivity index (χ0v) is 9.66. The van der Waals surface area contributed by atoms with Gasteiger partial charge in [0.2, 0.25) is 0 Å². The first kappa shape index (κ1) is 11.6. The van der Waals surface area contributed by atoms with Gasteiger partial charge in [-0.3, -0.25) is 4.72 Å². The van der Waals surface area contributed by atoms with Crippen LogP contribution >= 0.6 is 0 Å². The summed E-state index contributed by atoms with van der Waals surface area (Å²) >= 11 is 0. The zero-order chi connectivity index (χ0) is 12.5. The van der Waals surface area contributed by atoms with Crippen molar-refractivity contribution in [2.45, 2.75) is 11.8 Å². The van der Waals surface area contributed by atoms with Crippen molar-refractivity contribution < 1.29 is 17.3 Å². The maximum atomic E-state index is 12.9. The minimum atomic E-state index is -3.83. The van der Waals surface area contributed by atoms with E-state index in [1.54, 1.807) is 6.92 Å². The van der Waals surface area contributed by atoms with Gasteiger partial charge in [-0.05, 0) is 25.1 Å². The van der Waals surface area contributed by atoms with Crippen molar-refractivity contribution in [1.82, 2.24) is 5.16 Å². The molecule has 0 atom stereocenters. The van der Waals surface area contributed by atoms with Gasteiger partial charge in [0.15, 0.2) is 5.82 Å². The van der Waals surface area contributed by atoms with Gasteiger partial charge in [-0.25, -0.2) is 12.8 Å². The number of rotatable bonds is 3. The SMILES string of the molecule is Cc1cc(NS(=O)(=O)c2cccc(F)c2)no1. The zero-order valence-electron chi connectivity index (χ0n) is 8.84. The Balaban J connectivity index is 2.31. The van der Waals surface area contributed by atoms with Gasteiger partial charge in [0.1, 0.15) is 11.6 Å². The Hall–Kier alpha value is -1.89. The Kier molecular flexibility index (Phi) is 2.84. The number of aromatic nitrogens is 1. The van der Waals surface area contributed by atoms with Crippen LogP contribution in [0, 0.1) is 12.7 Å². The second-order valence-electron chi connectivity index (χ2n) is 3.39. The number of hydrogen-bond acceptors (Lipinski definition) is 4. The van der Waals surface area contributed by atoms with E-state index in [9.17, 15) is 12.8 Å². The molecule has 0 amide bonds. The molecule has 2 rings (SSSR count). The summed E-state index contributed by atoms with van der Waals surface area (Å²) in [5, 5.41) is 3.49. The third-order valence-corrected chi connectivity index (χ3v) is 3.33. The first-order chi connectivity index (χ1) is 7.97. The number of halogens is 1. The van der Waals surface area contributed by atoms with Crippen molar-refractivity contribution in [3.05, 3.63) is 41.9 Å². The fourth-order valence-corrected chi connectivity index (χ4v) is 2.26. The van der Waals surface area contributed by atoms with E-state index < -0.39 is 15.8 Å². The molecule has 1 aromatic carbocycles. The van der Waals surface area contributed by atoms with Crippen LogP contribution in [0.1, 0.15) is 5.76 Å². The summed E-state index contributed by atoms with van der Waals surface area (Å²) in [7, 11) is -3.83. The summed E-state index contributed by atoms with van der Waals surface area (Å²) in [5.41, 5.74) is 0. The van der Waals surface area contributed by atoms with Crippen LogP contribution in [0.2, 0.25) is 0 Å². The van der Waals surface area contributed by atoms with E-state index in [0.29, 0.717) is 5.76 Å². The predicted octanol–water partition coefficient (Wildman–Crippen LogP) is 1.92. The highest BCUT2D eigenvalue weighted by Crippen LogP contribution is 2.16. The molecule has 0 unspecified atom stereocenters. The molecule has 0 spiro atoms. The smallest absolute Gasteiger partial charge is 0.263 e. The van der Waals surface area contributed by atoms with Gasteiger partial charge in [0.05, 0.1) is 4.90 Å². The van der Waals surface area contributed by atoms with Crippen molar-refractivity contribution >= 4 is 15.8 Å². The fraction of sp³-hybridized carbons (Fsp3) is 0.100. The van der Waals surface area contributed by atoms with Gasteiger partial charge in [-0.15, -0.1) is 0 Å². The van der Waals surface area contributed by atoms with E-state index in [1.807, 2.05) is 0 Å². The summed E-state index contributed by atoms with van der Waals surface area (Å²) in [6.45, 7) is 1.63. The van der Waals surface area contributed by atoms with Crippen molar-refractivity contribution in [3.8, 4) is 0 Å². The summed E-state index contributed by atoms with van der Waals surface area (Å²) in [6.07, 6.45) is 0. The molecular formula is C10H9FN2O3S. The monoisotopic (exact) mass is 256 g/mol. The third-order valence-electron chi connectivity index (χ3n) is 1.97. The molecule has 0 aliphatic rings. The molecule has 90 valence electrons. The largest absolute Gasteiger partial charge is 0.360 e. The summed E-state index contributed by atoms with van der Waals surface area (Å²) < 4.78 is 43.4. The number of anilines is 1. The first-order valence-electron chi connectivity index (χ1n) is 4.69. The molecule has 2 aromatic rings. The minimum absolute atomic E-state index is 0.0618. The Bertz CT molecular complexity index is 637. The maximum absolute atomic E-state index is 12.9. The average molecular weight is 256 g/mol. The summed E-state index contributed by atoms with van der Waals surface area (Å²) in [6, 6.07) is 6.13. The van der Waals surface area contributed by atoms with E-state index in [4.69, 9.17) is 4.52 Å². The van der Waals surface area contributed by atoms with Crippen LogP contribution in [0.25, 0.3) is 0 Å². The van der Waals surface area contributed by atoms with E-state index >= 15 is 0 Å². The van der Waals surface area contributed by atoms with Crippen molar-refractivity contribution in [1.29, 1.82) is 0 Å². The Labute approximate surface area is 97.3 Å². The molecule has 0 fully saturated rings. The van der Waals surface area contributed by atoms with Gasteiger partial charge in [-0.1, -0.05) is 11.2 Å². The molecule has 0 aliphatic carbocycles. The molecule has 17 heavy (non-hydrogen) atoms. The third kappa shape index (κ3) is 2.62. The Morgan fingerprint density at radius 2 is 2.12 bits per heavy atom. The lowest BCUT2D eigenvalue weighted by molar-refractivity contribution is 0.400. The van der Waals surface area contributed by atoms with Crippen LogP contribution in [-0.2, 0) is 10.0 Å². The lowest BCUT2D eigenvalue weighted by Crippen LogP contribution is -2.13. The average Bonchev–Trinajstić information content (AvgIpc) is 2.63. The number of benzene rings is 1. The number of aryl methyl sites for hydroxylation is 1. The normalized spacial score (nSPS) is 11.4. The number of nitrogens with one attached hydrogen (secondary N) is 1. The van der Waals surface area contributed by atoms with Crippen LogP contribution < -0.4 is 4.72 Å². The molecule has 5 nitrogen and oxygen atoms in total. The quantitative estimate of drug-likeness (QED) is 0.910. The Morgan fingerprint density at radius 1 is 1.35 bits per heavy atom. The van der Waals surface area contributed by atoms with Gasteiger partial charge < -0.3 is 4.52 Å². The lowest BCUT2D eigenvalue weighted by Gasteiger charge is -2.04. The van der Waals surface area contributed by atoms with Crippen molar-refractivity contribution in [2.75, 3.05) is 4.72 Å². The first-order valence-corrected chi connectivity index (χ1v) is 6.17. The summed E-state index contributed by atoms with van der Waals surface area (Å²) in [4.78, 5) is -0.168. The number of nitrogens with zero attached hydrogens (tertiary/aromatic N) is 1.